The molecule has 0 N–H and O–H groups in total. The Hall–Kier alpha value is -1.98. The number of carbonyl (C=O) groups excluding carboxylic acids is 1. The second-order valence-corrected chi connectivity index (χ2v) is 12.7. The van der Waals surface area contributed by atoms with E-state index >= 15 is 0 Å². The van der Waals surface area contributed by atoms with Crippen molar-refractivity contribution in [1.29, 1.82) is 0 Å². The first-order chi connectivity index (χ1) is 15.2. The number of benzene rings is 2. The Morgan fingerprint density at radius 2 is 1.42 bits per heavy atom. The maximum Gasteiger partial charge on any atom is 0.485 e. The van der Waals surface area contributed by atoms with Crippen molar-refractivity contribution in [2.24, 2.45) is 5.41 Å². The number of Topliss-reactive ketones (excluding diaryl/α,β-unsaturated/α-hetero) is 1. The van der Waals surface area contributed by atoms with Crippen molar-refractivity contribution in [3.63, 3.8) is 0 Å². The van der Waals surface area contributed by atoms with Crippen molar-refractivity contribution < 1.29 is 52.1 Å². The van der Waals surface area contributed by atoms with Crippen molar-refractivity contribution >= 4 is 15.9 Å². The van der Waals surface area contributed by atoms with Gasteiger partial charge in [0.1, 0.15) is 0 Å². The van der Waals surface area contributed by atoms with Crippen LogP contribution in [0.15, 0.2) is 81.5 Å². The average molecular weight is 592 g/mol. The lowest BCUT2D eigenvalue weighted by Crippen LogP contribution is -3.61. The maximum atomic E-state index is 13.1. The van der Waals surface area contributed by atoms with Crippen LogP contribution in [0, 0.1) is 8.99 Å². The molecule has 2 aromatic rings. The first-order valence-electron chi connectivity index (χ1n) is 9.93. The van der Waals surface area contributed by atoms with Crippen LogP contribution in [0.4, 0.5) is 13.2 Å². The molecule has 0 heterocycles. The summed E-state index contributed by atoms with van der Waals surface area (Å²) >= 11 is -0.318. The minimum absolute atomic E-state index is 0.160. The van der Waals surface area contributed by atoms with Crippen LogP contribution in [0.2, 0.25) is 0 Å². The largest absolute Gasteiger partial charge is 0.741 e. The molecule has 9 heteroatoms. The first kappa shape index (κ1) is 27.3. The molecule has 0 unspecified atom stereocenters. The van der Waals surface area contributed by atoms with E-state index in [1.54, 1.807) is 0 Å². The van der Waals surface area contributed by atoms with Gasteiger partial charge in [-0.2, -0.15) is 13.2 Å². The Morgan fingerprint density at radius 1 is 0.939 bits per heavy atom. The van der Waals surface area contributed by atoms with Crippen LogP contribution >= 0.6 is 0 Å². The van der Waals surface area contributed by atoms with Gasteiger partial charge in [0, 0.05) is 12.0 Å². The lowest BCUT2D eigenvalue weighted by molar-refractivity contribution is -0.579. The number of halogens is 4. The summed E-state index contributed by atoms with van der Waals surface area (Å²) in [6, 6.07) is 20.3. The summed E-state index contributed by atoms with van der Waals surface area (Å²) in [5, 5.41) is 0. The van der Waals surface area contributed by atoms with Crippen LogP contribution in [0.5, 0.6) is 0 Å². The van der Waals surface area contributed by atoms with E-state index in [0.717, 1.165) is 24.0 Å². The van der Waals surface area contributed by atoms with Crippen LogP contribution in [-0.4, -0.2) is 24.3 Å². The zero-order valence-electron chi connectivity index (χ0n) is 18.3. The number of allylic oxidation sites excluding steroid dienone is 4. The first-order valence-corrected chi connectivity index (χ1v) is 13.5. The third-order valence-electron chi connectivity index (χ3n) is 4.74. The van der Waals surface area contributed by atoms with E-state index in [-0.39, 0.29) is 32.4 Å². The summed E-state index contributed by atoms with van der Waals surface area (Å²) in [5.74, 6) is 0.204. The molecule has 0 saturated carbocycles. The fourth-order valence-corrected chi connectivity index (χ4v) is 5.85. The molecule has 1 aliphatic carbocycles. The quantitative estimate of drug-likeness (QED) is 0.180. The summed E-state index contributed by atoms with van der Waals surface area (Å²) in [7, 11) is -6.09. The fourth-order valence-electron chi connectivity index (χ4n) is 2.93. The van der Waals surface area contributed by atoms with E-state index in [1.165, 1.54) is 12.7 Å². The lowest BCUT2D eigenvalue weighted by atomic mass is 9.80. The normalized spacial score (nSPS) is 14.8. The summed E-state index contributed by atoms with van der Waals surface area (Å²) in [4.78, 5) is 13.1. The van der Waals surface area contributed by atoms with Crippen LogP contribution < -0.4 is 21.2 Å². The predicted molar refractivity (Wildman–Crippen MR) is 115 cm³/mol. The fraction of sp³-hybridized carbons (Fsp3) is 0.292. The Labute approximate surface area is 202 Å². The average Bonchev–Trinajstić information content (AvgIpc) is 2.73. The summed E-state index contributed by atoms with van der Waals surface area (Å²) in [6.07, 6.45) is 4.00. The molecular formula is C24H24F3IO4S. The SMILES string of the molecule is CC(C)(C)C1=CCC(C(=O)c2ccccc2)=C([I+]c2ccccc2)C1.O=S(=O)([O-])C(F)(F)F. The predicted octanol–water partition coefficient (Wildman–Crippen LogP) is 2.90. The number of alkyl halides is 3. The van der Waals surface area contributed by atoms with E-state index in [1.807, 2.05) is 30.3 Å². The van der Waals surface area contributed by atoms with E-state index < -0.39 is 15.6 Å². The molecule has 0 aliphatic heterocycles. The second-order valence-electron chi connectivity index (χ2n) is 8.23. The Morgan fingerprint density at radius 3 is 1.88 bits per heavy atom. The highest BCUT2D eigenvalue weighted by molar-refractivity contribution is 7.86. The minimum Gasteiger partial charge on any atom is -0.741 e. The second kappa shape index (κ2) is 11.0. The molecule has 2 aromatic carbocycles. The molecule has 3 rings (SSSR count). The maximum absolute atomic E-state index is 13.1. The highest BCUT2D eigenvalue weighted by atomic mass is 127. The van der Waals surface area contributed by atoms with Gasteiger partial charge < -0.3 is 4.55 Å². The number of hydrogen-bond donors (Lipinski definition) is 0. The summed E-state index contributed by atoms with van der Waals surface area (Å²) < 4.78 is 61.7. The van der Waals surface area contributed by atoms with Gasteiger partial charge in [0.05, 0.1) is 5.57 Å². The Bertz CT molecular complexity index is 1130. The molecule has 178 valence electrons. The zero-order chi connectivity index (χ0) is 24.9. The molecule has 4 nitrogen and oxygen atoms in total. The number of carbonyl (C=O) groups is 1. The van der Waals surface area contributed by atoms with Crippen molar-refractivity contribution in [1.82, 2.24) is 0 Å². The lowest BCUT2D eigenvalue weighted by Gasteiger charge is -2.25. The molecule has 0 atom stereocenters. The molecule has 0 aromatic heterocycles. The molecule has 0 amide bonds. The highest BCUT2D eigenvalue weighted by Crippen LogP contribution is 2.34. The van der Waals surface area contributed by atoms with Crippen molar-refractivity contribution in [3.8, 4) is 0 Å². The van der Waals surface area contributed by atoms with Crippen LogP contribution in [0.3, 0.4) is 0 Å². The van der Waals surface area contributed by atoms with E-state index in [4.69, 9.17) is 13.0 Å². The molecule has 0 bridgehead atoms. The highest BCUT2D eigenvalue weighted by Gasteiger charge is 2.37. The number of ketones is 1. The van der Waals surface area contributed by atoms with Crippen LogP contribution in [0.25, 0.3) is 0 Å². The van der Waals surface area contributed by atoms with E-state index in [2.05, 4.69) is 57.2 Å². The third-order valence-corrected chi connectivity index (χ3v) is 8.33. The van der Waals surface area contributed by atoms with Gasteiger partial charge in [-0.25, -0.2) is 8.42 Å². The Kier molecular flexibility index (Phi) is 9.06. The molecule has 1 aliphatic rings. The van der Waals surface area contributed by atoms with Gasteiger partial charge in [0.2, 0.25) is 0 Å². The van der Waals surface area contributed by atoms with Crippen molar-refractivity contribution in [2.75, 3.05) is 0 Å². The van der Waals surface area contributed by atoms with E-state index in [9.17, 15) is 18.0 Å². The smallest absolute Gasteiger partial charge is 0.485 e. The topological polar surface area (TPSA) is 74.3 Å². The van der Waals surface area contributed by atoms with Gasteiger partial charge >= 0.3 is 26.7 Å². The third kappa shape index (κ3) is 8.08. The van der Waals surface area contributed by atoms with Gasteiger partial charge in [-0.3, -0.25) is 4.79 Å². The van der Waals surface area contributed by atoms with Gasteiger partial charge in [-0.05, 0) is 24.0 Å². The number of hydrogen-bond acceptors (Lipinski definition) is 4. The molecule has 0 fully saturated rings. The van der Waals surface area contributed by atoms with Gasteiger partial charge in [0.15, 0.2) is 23.1 Å². The van der Waals surface area contributed by atoms with Gasteiger partial charge in [-0.15, -0.1) is 0 Å². The van der Waals surface area contributed by atoms with Gasteiger partial charge in [-0.1, -0.05) is 81.0 Å². The van der Waals surface area contributed by atoms with Crippen molar-refractivity contribution in [2.45, 2.75) is 39.1 Å². The summed E-state index contributed by atoms with van der Waals surface area (Å²) in [6.45, 7) is 6.80. The molecular weight excluding hydrogens is 568 g/mol. The molecule has 0 saturated heterocycles. The standard InChI is InChI=1S/C23H24IO.CHF3O3S/c1-23(2,3)18-14-15-20(22(25)17-10-6-4-7-11-17)21(16-18)24-19-12-8-5-9-13-19;2-1(3,4)8(5,6)7/h4-14H,15-16H2,1-3H3;(H,5,6,7)/q+1;/p-1. The zero-order valence-corrected chi connectivity index (χ0v) is 21.3. The monoisotopic (exact) mass is 592 g/mol. The number of rotatable bonds is 4. The summed E-state index contributed by atoms with van der Waals surface area (Å²) in [5.41, 5.74) is -2.20. The van der Waals surface area contributed by atoms with Crippen LogP contribution in [-0.2, 0) is 10.1 Å². The van der Waals surface area contributed by atoms with Gasteiger partial charge in [0.25, 0.3) is 0 Å². The Balaban J connectivity index is 0.000000414. The molecule has 0 radical (unpaired) electrons. The molecule has 0 spiro atoms. The van der Waals surface area contributed by atoms with Crippen LogP contribution in [0.1, 0.15) is 44.0 Å². The van der Waals surface area contributed by atoms with E-state index in [0.29, 0.717) is 0 Å². The minimum atomic E-state index is -6.09. The van der Waals surface area contributed by atoms with Crippen molar-refractivity contribution in [3.05, 3.63) is 90.6 Å². The molecule has 33 heavy (non-hydrogen) atoms.